The fourth-order valence-corrected chi connectivity index (χ4v) is 1.52. The highest BCUT2D eigenvalue weighted by molar-refractivity contribution is 5.69. The Hall–Kier alpha value is -2.17. The largest absolute Gasteiger partial charge is 0.481 e. The van der Waals surface area contributed by atoms with Gasteiger partial charge in [-0.05, 0) is 17.7 Å². The molecule has 2 aromatic rings. The Labute approximate surface area is 92.2 Å². The van der Waals surface area contributed by atoms with Crippen LogP contribution < -0.4 is 0 Å². The van der Waals surface area contributed by atoms with Gasteiger partial charge < -0.3 is 5.11 Å². The lowest BCUT2D eigenvalue weighted by molar-refractivity contribution is -0.136. The molecule has 0 atom stereocenters. The predicted octanol–water partition coefficient (Wildman–Crippen LogP) is 1.49. The number of rotatable bonds is 4. The first-order valence-electron chi connectivity index (χ1n) is 4.92. The number of carboxylic acids is 1. The third-order valence-corrected chi connectivity index (χ3v) is 2.30. The minimum atomic E-state index is -0.810. The monoisotopic (exact) mass is 217 g/mol. The Morgan fingerprint density at radius 1 is 1.38 bits per heavy atom. The van der Waals surface area contributed by atoms with Crippen LogP contribution in [-0.4, -0.2) is 26.3 Å². The Morgan fingerprint density at radius 3 is 2.81 bits per heavy atom. The van der Waals surface area contributed by atoms with Gasteiger partial charge >= 0.3 is 5.97 Å². The van der Waals surface area contributed by atoms with E-state index in [0.717, 1.165) is 16.8 Å². The van der Waals surface area contributed by atoms with Crippen molar-refractivity contribution in [2.45, 2.75) is 12.8 Å². The minimum absolute atomic E-state index is 0.0975. The molecule has 5 nitrogen and oxygen atoms in total. The van der Waals surface area contributed by atoms with E-state index in [4.69, 9.17) is 5.11 Å². The molecule has 2 rings (SSSR count). The summed E-state index contributed by atoms with van der Waals surface area (Å²) in [5.74, 6) is -0.810. The van der Waals surface area contributed by atoms with Crippen molar-refractivity contribution in [1.29, 1.82) is 0 Å². The van der Waals surface area contributed by atoms with Gasteiger partial charge in [-0.2, -0.15) is 5.10 Å². The van der Waals surface area contributed by atoms with Crippen molar-refractivity contribution in [2.24, 2.45) is 0 Å². The lowest BCUT2D eigenvalue weighted by Gasteiger charge is -2.01. The van der Waals surface area contributed by atoms with Crippen LogP contribution in [0.2, 0.25) is 0 Å². The summed E-state index contributed by atoms with van der Waals surface area (Å²) >= 11 is 0. The van der Waals surface area contributed by atoms with Gasteiger partial charge in [0.15, 0.2) is 0 Å². The van der Waals surface area contributed by atoms with Crippen LogP contribution in [-0.2, 0) is 11.2 Å². The summed E-state index contributed by atoms with van der Waals surface area (Å²) < 4.78 is 0. The van der Waals surface area contributed by atoms with E-state index < -0.39 is 5.97 Å². The standard InChI is InChI=1S/C11H11N3O2/c15-11(16)2-1-10-9(7-13-14-10)8-3-5-12-6-4-8/h3-7H,1-2H2,(H,13,14)(H,15,16). The van der Waals surface area contributed by atoms with Gasteiger partial charge in [-0.3, -0.25) is 14.9 Å². The summed E-state index contributed by atoms with van der Waals surface area (Å²) in [5.41, 5.74) is 2.77. The molecule has 2 aromatic heterocycles. The summed E-state index contributed by atoms with van der Waals surface area (Å²) in [4.78, 5) is 14.4. The van der Waals surface area contributed by atoms with Crippen molar-refractivity contribution in [2.75, 3.05) is 0 Å². The molecule has 2 heterocycles. The molecule has 2 N–H and O–H groups in total. The van der Waals surface area contributed by atoms with Crippen LogP contribution in [0.4, 0.5) is 0 Å². The smallest absolute Gasteiger partial charge is 0.303 e. The molecule has 16 heavy (non-hydrogen) atoms. The van der Waals surface area contributed by atoms with Gasteiger partial charge in [-0.1, -0.05) is 0 Å². The van der Waals surface area contributed by atoms with Crippen LogP contribution in [0.15, 0.2) is 30.7 Å². The number of hydrogen-bond donors (Lipinski definition) is 2. The molecule has 0 aliphatic rings. The molecule has 0 saturated carbocycles. The summed E-state index contributed by atoms with van der Waals surface area (Å²) in [6.07, 6.45) is 5.65. The second-order valence-electron chi connectivity index (χ2n) is 3.39. The van der Waals surface area contributed by atoms with Crippen molar-refractivity contribution >= 4 is 5.97 Å². The zero-order valence-electron chi connectivity index (χ0n) is 8.55. The highest BCUT2D eigenvalue weighted by Crippen LogP contribution is 2.21. The van der Waals surface area contributed by atoms with Crippen molar-refractivity contribution in [1.82, 2.24) is 15.2 Å². The van der Waals surface area contributed by atoms with Crippen LogP contribution in [0.1, 0.15) is 12.1 Å². The number of aromatic nitrogens is 3. The van der Waals surface area contributed by atoms with E-state index in [-0.39, 0.29) is 6.42 Å². The Morgan fingerprint density at radius 2 is 2.12 bits per heavy atom. The molecule has 82 valence electrons. The van der Waals surface area contributed by atoms with Gasteiger partial charge in [-0.15, -0.1) is 0 Å². The van der Waals surface area contributed by atoms with Gasteiger partial charge in [0.1, 0.15) is 0 Å². The zero-order chi connectivity index (χ0) is 11.4. The number of aliphatic carboxylic acids is 1. The SMILES string of the molecule is O=C(O)CCc1[nH]ncc1-c1ccncc1. The van der Waals surface area contributed by atoms with Gasteiger partial charge in [0, 0.05) is 30.1 Å². The maximum absolute atomic E-state index is 10.5. The number of aromatic amines is 1. The summed E-state index contributed by atoms with van der Waals surface area (Å²) in [7, 11) is 0. The molecule has 5 heteroatoms. The maximum atomic E-state index is 10.5. The summed E-state index contributed by atoms with van der Waals surface area (Å²) in [6, 6.07) is 3.74. The molecule has 0 amide bonds. The molecule has 0 aromatic carbocycles. The highest BCUT2D eigenvalue weighted by Gasteiger charge is 2.08. The average molecular weight is 217 g/mol. The molecule has 0 saturated heterocycles. The van der Waals surface area contributed by atoms with Crippen LogP contribution >= 0.6 is 0 Å². The number of nitrogens with one attached hydrogen (secondary N) is 1. The van der Waals surface area contributed by atoms with Gasteiger partial charge in [0.2, 0.25) is 0 Å². The molecule has 0 aliphatic carbocycles. The Balaban J connectivity index is 2.23. The maximum Gasteiger partial charge on any atom is 0.303 e. The van der Waals surface area contributed by atoms with Gasteiger partial charge in [0.05, 0.1) is 12.6 Å². The van der Waals surface area contributed by atoms with Crippen molar-refractivity contribution in [3.8, 4) is 11.1 Å². The highest BCUT2D eigenvalue weighted by atomic mass is 16.4. The van der Waals surface area contributed by atoms with Crippen molar-refractivity contribution in [3.05, 3.63) is 36.4 Å². The summed E-state index contributed by atoms with van der Waals surface area (Å²) in [6.45, 7) is 0. The number of carbonyl (C=O) groups is 1. The number of hydrogen-bond acceptors (Lipinski definition) is 3. The molecule has 0 fully saturated rings. The number of H-pyrrole nitrogens is 1. The first-order valence-corrected chi connectivity index (χ1v) is 4.92. The fourth-order valence-electron chi connectivity index (χ4n) is 1.52. The number of pyridine rings is 1. The minimum Gasteiger partial charge on any atom is -0.481 e. The van der Waals surface area contributed by atoms with E-state index in [2.05, 4.69) is 15.2 Å². The average Bonchev–Trinajstić information content (AvgIpc) is 2.75. The lowest BCUT2D eigenvalue weighted by Crippen LogP contribution is -1.98. The quantitative estimate of drug-likeness (QED) is 0.813. The molecule has 0 bridgehead atoms. The third-order valence-electron chi connectivity index (χ3n) is 2.30. The molecule has 0 unspecified atom stereocenters. The van der Waals surface area contributed by atoms with E-state index in [9.17, 15) is 4.79 Å². The Bertz CT molecular complexity index is 479. The third kappa shape index (κ3) is 2.25. The number of carboxylic acid groups (broad SMARTS) is 1. The van der Waals surface area contributed by atoms with E-state index in [1.807, 2.05) is 12.1 Å². The predicted molar refractivity (Wildman–Crippen MR) is 57.8 cm³/mol. The number of aryl methyl sites for hydroxylation is 1. The van der Waals surface area contributed by atoms with E-state index in [0.29, 0.717) is 6.42 Å². The molecular weight excluding hydrogens is 206 g/mol. The fraction of sp³-hybridized carbons (Fsp3) is 0.182. The topological polar surface area (TPSA) is 78.9 Å². The summed E-state index contributed by atoms with van der Waals surface area (Å²) in [5, 5.41) is 15.4. The lowest BCUT2D eigenvalue weighted by atomic mass is 10.1. The molecule has 0 aliphatic heterocycles. The normalized spacial score (nSPS) is 10.2. The van der Waals surface area contributed by atoms with Crippen LogP contribution in [0.3, 0.4) is 0 Å². The van der Waals surface area contributed by atoms with E-state index in [1.165, 1.54) is 0 Å². The first-order chi connectivity index (χ1) is 7.77. The molecular formula is C11H11N3O2. The van der Waals surface area contributed by atoms with Crippen LogP contribution in [0, 0.1) is 0 Å². The first kappa shape index (κ1) is 10.4. The van der Waals surface area contributed by atoms with Gasteiger partial charge in [0.25, 0.3) is 0 Å². The van der Waals surface area contributed by atoms with Crippen molar-refractivity contribution < 1.29 is 9.90 Å². The zero-order valence-corrected chi connectivity index (χ0v) is 8.55. The number of nitrogens with zero attached hydrogens (tertiary/aromatic N) is 2. The van der Waals surface area contributed by atoms with E-state index >= 15 is 0 Å². The molecule has 0 spiro atoms. The second kappa shape index (κ2) is 4.57. The Kier molecular flexibility index (Phi) is 2.95. The van der Waals surface area contributed by atoms with E-state index in [1.54, 1.807) is 18.6 Å². The second-order valence-corrected chi connectivity index (χ2v) is 3.39. The molecule has 0 radical (unpaired) electrons. The van der Waals surface area contributed by atoms with Crippen molar-refractivity contribution in [3.63, 3.8) is 0 Å². The van der Waals surface area contributed by atoms with Gasteiger partial charge in [-0.25, -0.2) is 0 Å². The van der Waals surface area contributed by atoms with Crippen LogP contribution in [0.25, 0.3) is 11.1 Å². The van der Waals surface area contributed by atoms with Crippen LogP contribution in [0.5, 0.6) is 0 Å².